The molecule has 6 N–H and O–H groups in total. The first-order chi connectivity index (χ1) is 47.6. The van der Waals surface area contributed by atoms with Crippen LogP contribution in [0, 0.1) is 29.6 Å². The predicted molar refractivity (Wildman–Crippen MR) is 436 cm³/mol. The van der Waals surface area contributed by atoms with Gasteiger partial charge in [-0.2, -0.15) is 0 Å². The van der Waals surface area contributed by atoms with Gasteiger partial charge in [-0.05, 0) is 279 Å². The maximum absolute atomic E-state index is 11.1. The van der Waals surface area contributed by atoms with E-state index in [2.05, 4.69) is 364 Å². The molecule has 0 radical (unpaired) electrons. The molecule has 2 unspecified atom stereocenters. The van der Waals surface area contributed by atoms with Crippen molar-refractivity contribution in [3.8, 4) is 11.5 Å². The zero-order valence-corrected chi connectivity index (χ0v) is 64.4. The molecule has 0 bridgehead atoms. The minimum atomic E-state index is -0.119. The fraction of sp³-hybridized carbons (Fsp3) is 0.368. The van der Waals surface area contributed by atoms with E-state index >= 15 is 0 Å². The van der Waals surface area contributed by atoms with Gasteiger partial charge in [-0.25, -0.2) is 0 Å². The summed E-state index contributed by atoms with van der Waals surface area (Å²) in [4.78, 5) is 0. The summed E-state index contributed by atoms with van der Waals surface area (Å²) in [6.45, 7) is 40.3. The van der Waals surface area contributed by atoms with Crippen molar-refractivity contribution < 1.29 is 10.2 Å². The van der Waals surface area contributed by atoms with Gasteiger partial charge in [-0.1, -0.05) is 245 Å². The van der Waals surface area contributed by atoms with Crippen LogP contribution in [0.5, 0.6) is 11.5 Å². The largest absolute Gasteiger partial charge is 0.507 e. The van der Waals surface area contributed by atoms with Crippen LogP contribution in [-0.4, -0.2) is 10.2 Å². The summed E-state index contributed by atoms with van der Waals surface area (Å²) in [5, 5.41) is 36.2. The summed E-state index contributed by atoms with van der Waals surface area (Å²) >= 11 is 0. The van der Waals surface area contributed by atoms with Crippen LogP contribution < -0.4 is 21.3 Å². The maximum atomic E-state index is 11.1. The highest BCUT2D eigenvalue weighted by Gasteiger charge is 2.27. The third kappa shape index (κ3) is 24.1. The van der Waals surface area contributed by atoms with E-state index < -0.39 is 0 Å². The molecule has 101 heavy (non-hydrogen) atoms. The third-order valence-electron chi connectivity index (χ3n) is 19.0. The molecule has 0 saturated carbocycles. The predicted octanol–water partition coefficient (Wildman–Crippen LogP) is 25.9. The molecular formula is C95H118N4O2. The van der Waals surface area contributed by atoms with Gasteiger partial charge >= 0.3 is 0 Å². The molecular weight excluding hydrogens is 1230 g/mol. The standard InChI is InChI=1S/C49H62N2O.C46H56N2O/c1-34(33-47(2,3)4)29-36-12-14-37(15-13-36)30-38-19-23-41(24-20-38)51-43-27-25-42(26-28-43)50-40-21-17-35(18-22-40)11-16-39-31-44(48(5,6)7)46(52)45(32-39)49(8,9)10;1-32-28-38(44(49)43(29-32)46(6,7)8)18-13-34-14-19-39(20-15-34)47-41-23-25-42(26-24-41)48-40-21-16-37(17-22-40)30-36-11-9-35(10-12-36)27-33(2)31-45(3,4)5/h12-15,17-28,31-32,34,50-52H,11,16,29-30,33H2,1-10H3;9-12,14-17,19-26,28-29,33,47-49H,13,18,27,30-31H2,1-8H3. The lowest BCUT2D eigenvalue weighted by molar-refractivity contribution is 0.306. The Morgan fingerprint density at radius 1 is 0.277 bits per heavy atom. The van der Waals surface area contributed by atoms with Gasteiger partial charge in [0.1, 0.15) is 11.5 Å². The van der Waals surface area contributed by atoms with Crippen LogP contribution in [0.2, 0.25) is 0 Å². The van der Waals surface area contributed by atoms with Gasteiger partial charge in [-0.3, -0.25) is 0 Å². The molecule has 0 aliphatic carbocycles. The SMILES string of the molecule is CC(Cc1ccc(Cc2ccc(Nc3ccc(Nc4ccc(CCc5cc(C(C)(C)C)c(O)c(C(C)(C)C)c5)cc4)cc3)cc2)cc1)CC(C)(C)C.Cc1cc(CCc2ccc(Nc3ccc(Nc4ccc(Cc5ccc(CC(C)CC(C)(C)C)cc5)cc4)cc3)cc2)c(O)c(C(C)(C)C)c1. The molecule has 0 spiro atoms. The fourth-order valence-electron chi connectivity index (χ4n) is 14.1. The number of hydrogen-bond donors (Lipinski definition) is 6. The van der Waals surface area contributed by atoms with Gasteiger partial charge in [-0.15, -0.1) is 0 Å². The van der Waals surface area contributed by atoms with E-state index in [0.717, 1.165) is 119 Å². The van der Waals surface area contributed by atoms with Gasteiger partial charge in [0.2, 0.25) is 0 Å². The quantitative estimate of drug-likeness (QED) is 0.0361. The zero-order chi connectivity index (χ0) is 72.9. The second-order valence-corrected chi connectivity index (χ2v) is 34.7. The van der Waals surface area contributed by atoms with Crippen molar-refractivity contribution in [3.05, 3.63) is 296 Å². The Bertz CT molecular complexity index is 4190. The van der Waals surface area contributed by atoms with E-state index in [1.54, 1.807) is 0 Å². The average Bonchev–Trinajstić information content (AvgIpc) is 0.800. The molecule has 10 aromatic carbocycles. The highest BCUT2D eigenvalue weighted by molar-refractivity contribution is 5.68. The summed E-state index contributed by atoms with van der Waals surface area (Å²) in [6.07, 6.45) is 10.2. The molecule has 0 fully saturated rings. The van der Waals surface area contributed by atoms with Gasteiger partial charge in [0.15, 0.2) is 0 Å². The van der Waals surface area contributed by atoms with Crippen LogP contribution in [0.4, 0.5) is 45.5 Å². The summed E-state index contributed by atoms with van der Waals surface area (Å²) in [7, 11) is 0. The van der Waals surface area contributed by atoms with Crippen LogP contribution in [0.1, 0.15) is 208 Å². The van der Waals surface area contributed by atoms with Crippen LogP contribution >= 0.6 is 0 Å². The number of nitrogens with one attached hydrogen (secondary N) is 4. The molecule has 10 rings (SSSR count). The summed E-state index contributed by atoms with van der Waals surface area (Å²) in [6, 6.07) is 78.7. The van der Waals surface area contributed by atoms with E-state index in [0.29, 0.717) is 34.2 Å². The first-order valence-corrected chi connectivity index (χ1v) is 37.1. The van der Waals surface area contributed by atoms with Gasteiger partial charge < -0.3 is 31.5 Å². The summed E-state index contributed by atoms with van der Waals surface area (Å²) in [5.41, 5.74) is 26.2. The molecule has 530 valence electrons. The molecule has 0 heterocycles. The second-order valence-electron chi connectivity index (χ2n) is 34.7. The normalized spacial score (nSPS) is 12.7. The topological polar surface area (TPSA) is 88.6 Å². The molecule has 2 atom stereocenters. The Kier molecular flexibility index (Phi) is 25.0. The zero-order valence-electron chi connectivity index (χ0n) is 64.4. The number of rotatable bonds is 24. The molecule has 6 nitrogen and oxygen atoms in total. The van der Waals surface area contributed by atoms with Crippen LogP contribution in [-0.2, 0) is 67.6 Å². The van der Waals surface area contributed by atoms with Crippen LogP contribution in [0.25, 0.3) is 0 Å². The molecule has 10 aromatic rings. The Hall–Kier alpha value is -9.00. The number of phenols is 2. The van der Waals surface area contributed by atoms with Crippen molar-refractivity contribution in [2.45, 2.75) is 205 Å². The van der Waals surface area contributed by atoms with Crippen molar-refractivity contribution in [1.82, 2.24) is 0 Å². The number of aromatic hydroxyl groups is 2. The van der Waals surface area contributed by atoms with Gasteiger partial charge in [0, 0.05) is 45.5 Å². The molecule has 0 saturated heterocycles. The van der Waals surface area contributed by atoms with Gasteiger partial charge in [0.25, 0.3) is 0 Å². The van der Waals surface area contributed by atoms with Crippen molar-refractivity contribution >= 4 is 45.5 Å². The van der Waals surface area contributed by atoms with E-state index in [1.165, 1.54) is 68.5 Å². The lowest BCUT2D eigenvalue weighted by atomic mass is 9.78. The molecule has 0 aliphatic heterocycles. The first kappa shape index (κ1) is 76.2. The lowest BCUT2D eigenvalue weighted by Crippen LogP contribution is -2.18. The molecule has 0 aliphatic rings. The smallest absolute Gasteiger partial charge is 0.123 e. The molecule has 0 aromatic heterocycles. The van der Waals surface area contributed by atoms with Crippen molar-refractivity contribution in [3.63, 3.8) is 0 Å². The number of hydrogen-bond acceptors (Lipinski definition) is 6. The molecule has 0 amide bonds. The van der Waals surface area contributed by atoms with Crippen LogP contribution in [0.15, 0.2) is 218 Å². The number of aryl methyl sites for hydroxylation is 5. The number of anilines is 8. The Morgan fingerprint density at radius 3 is 0.802 bits per heavy atom. The minimum absolute atomic E-state index is 0.0864. The monoisotopic (exact) mass is 1350 g/mol. The first-order valence-electron chi connectivity index (χ1n) is 37.1. The fourth-order valence-corrected chi connectivity index (χ4v) is 14.1. The maximum Gasteiger partial charge on any atom is 0.123 e. The Labute approximate surface area is 609 Å². The molecule has 6 heteroatoms. The van der Waals surface area contributed by atoms with Crippen LogP contribution in [0.3, 0.4) is 0 Å². The average molecular weight is 1350 g/mol. The number of phenolic OH excluding ortho intramolecular Hbond substituents is 2. The van der Waals surface area contributed by atoms with Crippen molar-refractivity contribution in [2.24, 2.45) is 22.7 Å². The van der Waals surface area contributed by atoms with E-state index in [1.807, 2.05) is 0 Å². The Morgan fingerprint density at radius 2 is 0.515 bits per heavy atom. The number of benzene rings is 10. The van der Waals surface area contributed by atoms with Gasteiger partial charge in [0.05, 0.1) is 0 Å². The Balaban J connectivity index is 0.000000236. The van der Waals surface area contributed by atoms with E-state index in [-0.39, 0.29) is 16.2 Å². The summed E-state index contributed by atoms with van der Waals surface area (Å²) in [5.74, 6) is 2.27. The summed E-state index contributed by atoms with van der Waals surface area (Å²) < 4.78 is 0. The minimum Gasteiger partial charge on any atom is -0.507 e. The second kappa shape index (κ2) is 33.2. The van der Waals surface area contributed by atoms with E-state index in [4.69, 9.17) is 0 Å². The highest BCUT2D eigenvalue weighted by atomic mass is 16.3. The lowest BCUT2D eigenvalue weighted by Gasteiger charge is -2.28. The van der Waals surface area contributed by atoms with Crippen molar-refractivity contribution in [2.75, 3.05) is 21.3 Å². The third-order valence-corrected chi connectivity index (χ3v) is 19.0. The van der Waals surface area contributed by atoms with Crippen molar-refractivity contribution in [1.29, 1.82) is 0 Å². The highest BCUT2D eigenvalue weighted by Crippen LogP contribution is 2.41. The van der Waals surface area contributed by atoms with E-state index in [9.17, 15) is 10.2 Å².